The van der Waals surface area contributed by atoms with E-state index in [1.54, 1.807) is 10.7 Å². The van der Waals surface area contributed by atoms with Crippen LogP contribution in [-0.4, -0.2) is 58.5 Å². The van der Waals surface area contributed by atoms with E-state index in [9.17, 15) is 12.8 Å². The first-order valence-corrected chi connectivity index (χ1v) is 12.5. The van der Waals surface area contributed by atoms with E-state index in [2.05, 4.69) is 30.9 Å². The molecule has 4 aromatic rings. The Kier molecular flexibility index (Phi) is 6.82. The van der Waals surface area contributed by atoms with Crippen LogP contribution < -0.4 is 10.6 Å². The highest BCUT2D eigenvalue weighted by Crippen LogP contribution is 2.28. The van der Waals surface area contributed by atoms with Gasteiger partial charge in [-0.15, -0.1) is 5.10 Å². The molecular weight excluding hydrogens is 469 g/mol. The molecule has 0 aliphatic rings. The van der Waals surface area contributed by atoms with E-state index < -0.39 is 15.7 Å². The zero-order valence-corrected chi connectivity index (χ0v) is 19.2. The lowest BCUT2D eigenvalue weighted by molar-refractivity contribution is 0.546. The third-order valence-electron chi connectivity index (χ3n) is 4.82. The van der Waals surface area contributed by atoms with Crippen molar-refractivity contribution in [2.75, 3.05) is 30.4 Å². The lowest BCUT2D eigenvalue weighted by Crippen LogP contribution is -2.26. The number of hydrogen-bond donors (Lipinski definition) is 2. The average Bonchev–Trinajstić information content (AvgIpc) is 3.24. The predicted octanol–water partition coefficient (Wildman–Crippen LogP) is 3.06. The van der Waals surface area contributed by atoms with Crippen LogP contribution in [0.3, 0.4) is 0 Å². The predicted molar refractivity (Wildman–Crippen MR) is 126 cm³/mol. The highest BCUT2D eigenvalue weighted by atomic mass is 35.5. The van der Waals surface area contributed by atoms with Gasteiger partial charge in [0.25, 0.3) is 0 Å². The molecule has 2 aromatic carbocycles. The lowest BCUT2D eigenvalue weighted by Gasteiger charge is -2.09. The molecule has 4 rings (SSSR count). The molecule has 33 heavy (non-hydrogen) atoms. The van der Waals surface area contributed by atoms with Crippen molar-refractivity contribution < 1.29 is 12.8 Å². The Morgan fingerprint density at radius 3 is 2.76 bits per heavy atom. The van der Waals surface area contributed by atoms with Gasteiger partial charge < -0.3 is 10.6 Å². The minimum absolute atomic E-state index is 0.0153. The molecule has 9 nitrogen and oxygen atoms in total. The van der Waals surface area contributed by atoms with Crippen LogP contribution in [0.5, 0.6) is 0 Å². The molecule has 0 saturated heterocycles. The summed E-state index contributed by atoms with van der Waals surface area (Å²) in [6, 6.07) is 10.0. The zero-order chi connectivity index (χ0) is 23.4. The summed E-state index contributed by atoms with van der Waals surface area (Å²) in [4.78, 5) is 8.62. The fraction of sp³-hybridized carbons (Fsp3) is 0.238. The number of sulfone groups is 1. The van der Waals surface area contributed by atoms with Gasteiger partial charge in [-0.05, 0) is 30.3 Å². The molecule has 2 aromatic heterocycles. The van der Waals surface area contributed by atoms with E-state index in [1.165, 1.54) is 24.7 Å². The number of halogens is 2. The van der Waals surface area contributed by atoms with Crippen LogP contribution in [-0.2, 0) is 16.4 Å². The Bertz CT molecular complexity index is 1390. The third-order valence-corrected chi connectivity index (χ3v) is 6.05. The van der Waals surface area contributed by atoms with Gasteiger partial charge in [0.1, 0.15) is 33.5 Å². The van der Waals surface area contributed by atoms with Gasteiger partial charge in [0, 0.05) is 36.0 Å². The van der Waals surface area contributed by atoms with Crippen LogP contribution in [0.25, 0.3) is 22.2 Å². The zero-order valence-electron chi connectivity index (χ0n) is 17.7. The number of rotatable bonds is 9. The number of aromatic nitrogens is 5. The summed E-state index contributed by atoms with van der Waals surface area (Å²) in [5.74, 6) is 0.146. The molecule has 12 heteroatoms. The standard InChI is InChI=1S/C21H21ClFN7O2S/c1-33(31,32)9-7-24-6-8-30-12-20(28-29-30)14-2-5-19-16(10-14)21(26-13-25-19)27-15-3-4-18(23)17(22)11-15/h2-5,10-13,24H,6-9H2,1H3,(H,25,26,27). The minimum atomic E-state index is -2.98. The first kappa shape index (κ1) is 23.0. The van der Waals surface area contributed by atoms with Gasteiger partial charge >= 0.3 is 0 Å². The third kappa shape index (κ3) is 6.01. The molecule has 0 aliphatic heterocycles. The summed E-state index contributed by atoms with van der Waals surface area (Å²) < 4.78 is 37.5. The molecule has 0 atom stereocenters. The summed E-state index contributed by atoms with van der Waals surface area (Å²) in [5, 5.41) is 15.4. The first-order chi connectivity index (χ1) is 15.8. The van der Waals surface area contributed by atoms with Crippen molar-refractivity contribution in [3.05, 3.63) is 59.8 Å². The van der Waals surface area contributed by atoms with Crippen LogP contribution in [0.1, 0.15) is 0 Å². The Hall–Kier alpha value is -3.15. The number of anilines is 2. The van der Waals surface area contributed by atoms with Gasteiger partial charge in [0.2, 0.25) is 0 Å². The monoisotopic (exact) mass is 489 g/mol. The van der Waals surface area contributed by atoms with Crippen molar-refractivity contribution in [1.82, 2.24) is 30.3 Å². The van der Waals surface area contributed by atoms with E-state index in [1.807, 2.05) is 24.4 Å². The Balaban J connectivity index is 1.50. The largest absolute Gasteiger partial charge is 0.340 e. The van der Waals surface area contributed by atoms with E-state index in [4.69, 9.17) is 11.6 Å². The Morgan fingerprint density at radius 1 is 1.12 bits per heavy atom. The summed E-state index contributed by atoms with van der Waals surface area (Å²) in [6.45, 7) is 1.50. The van der Waals surface area contributed by atoms with Crippen molar-refractivity contribution in [1.29, 1.82) is 0 Å². The maximum atomic E-state index is 13.5. The van der Waals surface area contributed by atoms with Gasteiger partial charge in [0.05, 0.1) is 29.0 Å². The second kappa shape index (κ2) is 9.77. The second-order valence-electron chi connectivity index (χ2n) is 7.45. The van der Waals surface area contributed by atoms with Crippen LogP contribution in [0.4, 0.5) is 15.9 Å². The second-order valence-corrected chi connectivity index (χ2v) is 10.1. The highest BCUT2D eigenvalue weighted by Gasteiger charge is 2.10. The van der Waals surface area contributed by atoms with Gasteiger partial charge in [-0.1, -0.05) is 22.9 Å². The van der Waals surface area contributed by atoms with Crippen molar-refractivity contribution in [2.45, 2.75) is 6.54 Å². The Labute approximate surface area is 194 Å². The molecule has 0 amide bonds. The number of hydrogen-bond acceptors (Lipinski definition) is 8. The number of nitrogens with one attached hydrogen (secondary N) is 2. The maximum Gasteiger partial charge on any atom is 0.148 e. The van der Waals surface area contributed by atoms with Crippen LogP contribution >= 0.6 is 11.6 Å². The Morgan fingerprint density at radius 2 is 1.97 bits per heavy atom. The topological polar surface area (TPSA) is 115 Å². The molecule has 2 heterocycles. The molecule has 0 spiro atoms. The van der Waals surface area contributed by atoms with Gasteiger partial charge in [-0.2, -0.15) is 0 Å². The molecule has 0 bridgehead atoms. The average molecular weight is 490 g/mol. The molecule has 0 fully saturated rings. The van der Waals surface area contributed by atoms with Crippen LogP contribution in [0.15, 0.2) is 48.9 Å². The summed E-state index contributed by atoms with van der Waals surface area (Å²) in [5.41, 5.74) is 2.83. The molecule has 0 radical (unpaired) electrons. The number of nitrogens with zero attached hydrogens (tertiary/aromatic N) is 5. The van der Waals surface area contributed by atoms with Crippen molar-refractivity contribution in [3.8, 4) is 11.3 Å². The van der Waals surface area contributed by atoms with Crippen LogP contribution in [0, 0.1) is 5.82 Å². The lowest BCUT2D eigenvalue weighted by atomic mass is 10.1. The number of fused-ring (bicyclic) bond motifs is 1. The molecule has 0 unspecified atom stereocenters. The molecule has 0 saturated carbocycles. The molecule has 2 N–H and O–H groups in total. The van der Waals surface area contributed by atoms with E-state index >= 15 is 0 Å². The van der Waals surface area contributed by atoms with Gasteiger partial charge in [-0.25, -0.2) is 22.8 Å². The normalized spacial score (nSPS) is 11.7. The maximum absolute atomic E-state index is 13.5. The SMILES string of the molecule is CS(=O)(=O)CCNCCn1cc(-c2ccc3ncnc(Nc4ccc(F)c(Cl)c4)c3c2)nn1. The molecular formula is C21H21ClFN7O2S. The summed E-state index contributed by atoms with van der Waals surface area (Å²) >= 11 is 5.88. The van der Waals surface area contributed by atoms with Crippen molar-refractivity contribution in [3.63, 3.8) is 0 Å². The quantitative estimate of drug-likeness (QED) is 0.345. The van der Waals surface area contributed by atoms with E-state index in [0.717, 1.165) is 16.5 Å². The fourth-order valence-corrected chi connectivity index (χ4v) is 3.84. The van der Waals surface area contributed by atoms with Crippen molar-refractivity contribution in [2.24, 2.45) is 0 Å². The van der Waals surface area contributed by atoms with Gasteiger partial charge in [-0.3, -0.25) is 4.68 Å². The van der Waals surface area contributed by atoms with E-state index in [-0.39, 0.29) is 10.8 Å². The molecule has 0 aliphatic carbocycles. The number of benzene rings is 2. The fourth-order valence-electron chi connectivity index (χ4n) is 3.14. The summed E-state index contributed by atoms with van der Waals surface area (Å²) in [7, 11) is -2.98. The van der Waals surface area contributed by atoms with Crippen molar-refractivity contribution >= 4 is 43.8 Å². The van der Waals surface area contributed by atoms with Gasteiger partial charge in [0.15, 0.2) is 0 Å². The first-order valence-electron chi connectivity index (χ1n) is 10.0. The minimum Gasteiger partial charge on any atom is -0.340 e. The van der Waals surface area contributed by atoms with Crippen LogP contribution in [0.2, 0.25) is 5.02 Å². The van der Waals surface area contributed by atoms with E-state index in [0.29, 0.717) is 36.8 Å². The summed E-state index contributed by atoms with van der Waals surface area (Å²) in [6.07, 6.45) is 4.47. The molecule has 172 valence electrons. The smallest absolute Gasteiger partial charge is 0.148 e. The highest BCUT2D eigenvalue weighted by molar-refractivity contribution is 7.90.